The lowest BCUT2D eigenvalue weighted by Gasteiger charge is -2.64. The Bertz CT molecular complexity index is 608. The van der Waals surface area contributed by atoms with Gasteiger partial charge in [0.05, 0.1) is 11.5 Å². The number of amides is 1. The van der Waals surface area contributed by atoms with Crippen molar-refractivity contribution in [3.8, 4) is 0 Å². The van der Waals surface area contributed by atoms with E-state index in [9.17, 15) is 4.79 Å². The first-order valence-electron chi connectivity index (χ1n) is 9.03. The first kappa shape index (κ1) is 15.2. The van der Waals surface area contributed by atoms with Crippen LogP contribution in [-0.2, 0) is 4.79 Å². The molecule has 3 nitrogen and oxygen atoms in total. The van der Waals surface area contributed by atoms with Gasteiger partial charge in [0.25, 0.3) is 0 Å². The molecule has 0 aromatic carbocycles. The zero-order valence-electron chi connectivity index (χ0n) is 14.6. The summed E-state index contributed by atoms with van der Waals surface area (Å²) in [7, 11) is 0. The smallest absolute Gasteiger partial charge is 0.226 e. The number of carbonyl (C=O) groups is 1. The van der Waals surface area contributed by atoms with Crippen LogP contribution in [0.15, 0.2) is 24.5 Å². The van der Waals surface area contributed by atoms with Crippen molar-refractivity contribution in [2.75, 3.05) is 0 Å². The van der Waals surface area contributed by atoms with Crippen molar-refractivity contribution < 1.29 is 4.79 Å². The van der Waals surface area contributed by atoms with Gasteiger partial charge in [-0.1, -0.05) is 13.8 Å². The minimum Gasteiger partial charge on any atom is -0.349 e. The standard InChI is InChI=1S/C20H28N2O/c1-14(16-4-6-21-7-5-16)22-17(23)20-10-15-8-18(2,12-20)11-19(3,9-15)13-20/h4-7,14-15H,8-13H2,1-3H3,(H,22,23)/t14-,15?,18-,19-,20?/m1/s1. The van der Waals surface area contributed by atoms with Crippen molar-refractivity contribution in [3.63, 3.8) is 0 Å². The molecule has 4 saturated carbocycles. The predicted molar refractivity (Wildman–Crippen MR) is 90.6 cm³/mol. The average Bonchev–Trinajstić information content (AvgIpc) is 2.44. The molecule has 1 amide bonds. The van der Waals surface area contributed by atoms with E-state index in [4.69, 9.17) is 0 Å². The van der Waals surface area contributed by atoms with Crippen LogP contribution in [0, 0.1) is 22.2 Å². The van der Waals surface area contributed by atoms with E-state index in [1.165, 1.54) is 19.3 Å². The highest BCUT2D eigenvalue weighted by molar-refractivity contribution is 5.83. The lowest BCUT2D eigenvalue weighted by molar-refractivity contribution is -0.170. The van der Waals surface area contributed by atoms with E-state index >= 15 is 0 Å². The highest BCUT2D eigenvalue weighted by Crippen LogP contribution is 2.69. The number of carbonyl (C=O) groups excluding carboxylic acids is 1. The Balaban J connectivity index is 1.56. The second-order valence-electron chi connectivity index (χ2n) is 9.39. The molecule has 1 N–H and O–H groups in total. The van der Waals surface area contributed by atoms with E-state index in [2.05, 4.69) is 31.1 Å². The fourth-order valence-corrected chi connectivity index (χ4v) is 6.79. The maximum Gasteiger partial charge on any atom is 0.226 e. The Kier molecular flexibility index (Phi) is 3.17. The largest absolute Gasteiger partial charge is 0.349 e. The van der Waals surface area contributed by atoms with E-state index in [1.807, 2.05) is 12.1 Å². The summed E-state index contributed by atoms with van der Waals surface area (Å²) in [5, 5.41) is 3.32. The van der Waals surface area contributed by atoms with Gasteiger partial charge in [-0.05, 0) is 79.9 Å². The van der Waals surface area contributed by atoms with Crippen molar-refractivity contribution in [3.05, 3.63) is 30.1 Å². The van der Waals surface area contributed by atoms with Crippen LogP contribution in [0.2, 0.25) is 0 Å². The van der Waals surface area contributed by atoms with Crippen LogP contribution in [0.4, 0.5) is 0 Å². The van der Waals surface area contributed by atoms with Gasteiger partial charge < -0.3 is 5.32 Å². The third-order valence-corrected chi connectivity index (χ3v) is 6.66. The summed E-state index contributed by atoms with van der Waals surface area (Å²) < 4.78 is 0. The number of nitrogens with one attached hydrogen (secondary N) is 1. The average molecular weight is 312 g/mol. The van der Waals surface area contributed by atoms with Gasteiger partial charge in [0.2, 0.25) is 5.91 Å². The summed E-state index contributed by atoms with van der Waals surface area (Å²) in [5.41, 5.74) is 1.77. The van der Waals surface area contributed by atoms with Crippen molar-refractivity contribution in [2.24, 2.45) is 22.2 Å². The van der Waals surface area contributed by atoms with E-state index in [-0.39, 0.29) is 11.5 Å². The minimum atomic E-state index is -0.121. The third kappa shape index (κ3) is 2.49. The molecule has 0 saturated heterocycles. The molecule has 0 unspecified atom stereocenters. The minimum absolute atomic E-state index is 0.0547. The van der Waals surface area contributed by atoms with E-state index in [0.29, 0.717) is 16.7 Å². The normalized spacial score (nSPS) is 42.5. The van der Waals surface area contributed by atoms with Crippen LogP contribution in [0.25, 0.3) is 0 Å². The number of hydrogen-bond donors (Lipinski definition) is 1. The van der Waals surface area contributed by atoms with Gasteiger partial charge in [0, 0.05) is 12.4 Å². The zero-order valence-corrected chi connectivity index (χ0v) is 14.6. The fourth-order valence-electron chi connectivity index (χ4n) is 6.79. The molecule has 1 aromatic rings. The van der Waals surface area contributed by atoms with Gasteiger partial charge in [0.15, 0.2) is 0 Å². The molecule has 1 heterocycles. The summed E-state index contributed by atoms with van der Waals surface area (Å²) in [5.74, 6) is 1.05. The Morgan fingerprint density at radius 2 is 1.74 bits per heavy atom. The Morgan fingerprint density at radius 1 is 1.13 bits per heavy atom. The molecule has 5 rings (SSSR count). The van der Waals surface area contributed by atoms with Crippen molar-refractivity contribution in [1.29, 1.82) is 0 Å². The molecule has 3 heteroatoms. The molecule has 124 valence electrons. The predicted octanol–water partition coefficient (Wildman–Crippen LogP) is 4.26. The van der Waals surface area contributed by atoms with Gasteiger partial charge in [-0.25, -0.2) is 0 Å². The van der Waals surface area contributed by atoms with Gasteiger partial charge in [0.1, 0.15) is 0 Å². The molecule has 4 bridgehead atoms. The molecule has 23 heavy (non-hydrogen) atoms. The van der Waals surface area contributed by atoms with Crippen LogP contribution in [0.1, 0.15) is 70.9 Å². The first-order valence-corrected chi connectivity index (χ1v) is 9.03. The molecule has 1 aromatic heterocycles. The van der Waals surface area contributed by atoms with Gasteiger partial charge >= 0.3 is 0 Å². The summed E-state index contributed by atoms with van der Waals surface area (Å²) in [6.45, 7) is 6.92. The van der Waals surface area contributed by atoms with Crippen molar-refractivity contribution in [2.45, 2.75) is 65.3 Å². The molecular formula is C20H28N2O. The SMILES string of the molecule is C[C@@H](NC(=O)C12CC3C[C@@](C)(C1)C[C@@](C)(C3)C2)c1ccncc1. The molecule has 0 aliphatic heterocycles. The molecule has 4 aliphatic carbocycles. The van der Waals surface area contributed by atoms with Crippen molar-refractivity contribution in [1.82, 2.24) is 10.3 Å². The fraction of sp³-hybridized carbons (Fsp3) is 0.700. The highest BCUT2D eigenvalue weighted by atomic mass is 16.2. The monoisotopic (exact) mass is 312 g/mol. The van der Waals surface area contributed by atoms with Crippen LogP contribution < -0.4 is 5.32 Å². The summed E-state index contributed by atoms with van der Waals surface area (Å²) in [6.07, 6.45) is 10.8. The topological polar surface area (TPSA) is 42.0 Å². The van der Waals surface area contributed by atoms with E-state index in [0.717, 1.165) is 30.7 Å². The second kappa shape index (κ2) is 4.81. The van der Waals surface area contributed by atoms with Crippen LogP contribution >= 0.6 is 0 Å². The van der Waals surface area contributed by atoms with Gasteiger partial charge in [-0.2, -0.15) is 0 Å². The van der Waals surface area contributed by atoms with Crippen LogP contribution in [0.3, 0.4) is 0 Å². The molecule has 3 atom stereocenters. The van der Waals surface area contributed by atoms with E-state index < -0.39 is 0 Å². The third-order valence-electron chi connectivity index (χ3n) is 6.66. The number of aromatic nitrogens is 1. The Morgan fingerprint density at radius 3 is 2.30 bits per heavy atom. The van der Waals surface area contributed by atoms with Gasteiger partial charge in [-0.3, -0.25) is 9.78 Å². The number of pyridine rings is 1. The number of rotatable bonds is 3. The summed E-state index contributed by atoms with van der Waals surface area (Å²) in [6, 6.07) is 4.04. The van der Waals surface area contributed by atoms with Crippen molar-refractivity contribution >= 4 is 5.91 Å². The Hall–Kier alpha value is -1.38. The first-order chi connectivity index (χ1) is 10.8. The molecular weight excluding hydrogens is 284 g/mol. The maximum atomic E-state index is 13.2. The molecule has 4 fully saturated rings. The number of nitrogens with zero attached hydrogens (tertiary/aromatic N) is 1. The summed E-state index contributed by atoms with van der Waals surface area (Å²) in [4.78, 5) is 17.3. The lowest BCUT2D eigenvalue weighted by atomic mass is 9.40. The van der Waals surface area contributed by atoms with Crippen LogP contribution in [0.5, 0.6) is 0 Å². The van der Waals surface area contributed by atoms with Crippen LogP contribution in [-0.4, -0.2) is 10.9 Å². The molecule has 0 radical (unpaired) electrons. The highest BCUT2D eigenvalue weighted by Gasteiger charge is 2.62. The summed E-state index contributed by atoms with van der Waals surface area (Å²) >= 11 is 0. The Labute approximate surface area is 139 Å². The lowest BCUT2D eigenvalue weighted by Crippen LogP contribution is -2.60. The zero-order chi connectivity index (χ0) is 16.3. The molecule has 0 spiro atoms. The second-order valence-corrected chi connectivity index (χ2v) is 9.39. The molecule has 4 aliphatic rings. The van der Waals surface area contributed by atoms with Gasteiger partial charge in [-0.15, -0.1) is 0 Å². The number of hydrogen-bond acceptors (Lipinski definition) is 2. The quantitative estimate of drug-likeness (QED) is 0.906. The maximum absolute atomic E-state index is 13.2. The van der Waals surface area contributed by atoms with E-state index in [1.54, 1.807) is 12.4 Å².